The van der Waals surface area contributed by atoms with Crippen molar-refractivity contribution in [2.24, 2.45) is 17.8 Å². The number of hydrogen-bond acceptors (Lipinski definition) is 11. The molecule has 3 bridgehead atoms. The van der Waals surface area contributed by atoms with Crippen LogP contribution in [0.4, 0.5) is 0 Å². The fourth-order valence-corrected chi connectivity index (χ4v) is 10.8. The van der Waals surface area contributed by atoms with Gasteiger partial charge in [0.2, 0.25) is 27.7 Å². The molecule has 1 saturated heterocycles. The minimum absolute atomic E-state index is 0.0414. The lowest BCUT2D eigenvalue weighted by atomic mass is 9.94. The van der Waals surface area contributed by atoms with E-state index in [0.717, 1.165) is 64.2 Å². The van der Waals surface area contributed by atoms with E-state index in [0.29, 0.717) is 60.5 Å². The lowest BCUT2D eigenvalue weighted by Gasteiger charge is -2.30. The van der Waals surface area contributed by atoms with Gasteiger partial charge in [-0.25, -0.2) is 18.4 Å². The lowest BCUT2D eigenvalue weighted by Crippen LogP contribution is -2.57. The maximum absolute atomic E-state index is 14.8. The molecule has 3 aliphatic heterocycles. The predicted octanol–water partition coefficient (Wildman–Crippen LogP) is 6.24. The second-order valence-corrected chi connectivity index (χ2v) is 20.0. The number of nitrogens with one attached hydrogen (secondary N) is 2. The summed E-state index contributed by atoms with van der Waals surface area (Å²) in [6.45, 7) is 5.65. The molecule has 8 rings (SSSR count). The molecule has 1 aromatic carbocycles. The number of esters is 1. The number of nitrogens with zero attached hydrogens (tertiary/aromatic N) is 3. The standard InChI is InChI=1S/C43H57N5O9S.C2H6/c1-42(20-21-42)58(53,54)47-41(52)43-25-29(43)15-9-5-3-4-7-13-28-22-37(49)57-36-17-11-14-27(36)12-8-6-10-16-33-39(45-34-23-30(55-2)18-19-32(34)44-33)56-31-24-35(38(50)46-43)48(26-31)40(28)51;1-2/h9,15,18-19,23,27-29,31,35-36H,3-8,10-14,16-17,20-22,24-26H2,1-2H3,(H,46,50)(H,47,52);1-2H3/b15-9-;/t27-,28-,29-,31-,35+,36-,43-;/m1./s1. The highest BCUT2D eigenvalue weighted by Gasteiger charge is 2.63. The Morgan fingerprint density at radius 3 is 2.50 bits per heavy atom. The van der Waals surface area contributed by atoms with Gasteiger partial charge in [-0.2, -0.15) is 0 Å². The molecule has 60 heavy (non-hydrogen) atoms. The molecular formula is C45H63N5O9S. The molecule has 6 aliphatic rings. The predicted molar refractivity (Wildman–Crippen MR) is 225 cm³/mol. The van der Waals surface area contributed by atoms with Crippen LogP contribution >= 0.6 is 0 Å². The van der Waals surface area contributed by atoms with Crippen LogP contribution in [0.15, 0.2) is 30.4 Å². The lowest BCUT2D eigenvalue weighted by molar-refractivity contribution is -0.155. The van der Waals surface area contributed by atoms with Gasteiger partial charge in [-0.3, -0.25) is 23.9 Å². The molecular weight excluding hydrogens is 787 g/mol. The molecule has 14 nitrogen and oxygen atoms in total. The first kappa shape index (κ1) is 43.8. The first-order valence-electron chi connectivity index (χ1n) is 22.4. The third-order valence-corrected chi connectivity index (χ3v) is 15.7. The fraction of sp³-hybridized carbons (Fsp3) is 0.689. The molecule has 0 radical (unpaired) electrons. The van der Waals surface area contributed by atoms with Gasteiger partial charge in [-0.15, -0.1) is 0 Å². The van der Waals surface area contributed by atoms with Crippen LogP contribution in [-0.2, 0) is 40.4 Å². The number of aromatic nitrogens is 2. The van der Waals surface area contributed by atoms with Crippen LogP contribution in [0.2, 0.25) is 0 Å². The topological polar surface area (TPSA) is 183 Å². The van der Waals surface area contributed by atoms with E-state index in [1.807, 2.05) is 38.1 Å². The Labute approximate surface area is 354 Å². The highest BCUT2D eigenvalue weighted by molar-refractivity contribution is 7.91. The van der Waals surface area contributed by atoms with Crippen molar-refractivity contribution in [3.8, 4) is 11.6 Å². The number of rotatable bonds is 4. The highest BCUT2D eigenvalue weighted by atomic mass is 32.2. The molecule has 2 N–H and O–H groups in total. The summed E-state index contributed by atoms with van der Waals surface area (Å²) < 4.78 is 46.0. The zero-order valence-corrected chi connectivity index (χ0v) is 36.5. The number of aryl methyl sites for hydroxylation is 1. The minimum Gasteiger partial charge on any atom is -0.497 e. The number of carbonyl (C=O) groups is 4. The number of benzene rings is 1. The third kappa shape index (κ3) is 9.45. The summed E-state index contributed by atoms with van der Waals surface area (Å²) >= 11 is 0. The van der Waals surface area contributed by atoms with Gasteiger partial charge in [-0.1, -0.05) is 51.7 Å². The van der Waals surface area contributed by atoms with Crippen molar-refractivity contribution in [2.45, 2.75) is 165 Å². The summed E-state index contributed by atoms with van der Waals surface area (Å²) in [7, 11) is -2.40. The third-order valence-electron chi connectivity index (χ3n) is 13.5. The number of amides is 3. The summed E-state index contributed by atoms with van der Waals surface area (Å²) in [6.07, 6.45) is 14.9. The van der Waals surface area contributed by atoms with Crippen molar-refractivity contribution in [3.05, 3.63) is 36.0 Å². The van der Waals surface area contributed by atoms with Crippen molar-refractivity contribution >= 4 is 44.7 Å². The van der Waals surface area contributed by atoms with Crippen LogP contribution in [0.25, 0.3) is 11.0 Å². The van der Waals surface area contributed by atoms with E-state index >= 15 is 0 Å². The van der Waals surface area contributed by atoms with E-state index in [2.05, 4.69) is 10.0 Å². The Morgan fingerprint density at radius 2 is 1.72 bits per heavy atom. The molecule has 0 unspecified atom stereocenters. The average Bonchev–Trinajstić information content (AvgIpc) is 4.04. The number of methoxy groups -OCH3 is 1. The van der Waals surface area contributed by atoms with E-state index in [9.17, 15) is 27.6 Å². The summed E-state index contributed by atoms with van der Waals surface area (Å²) in [5.41, 5.74) is 0.483. The zero-order chi connectivity index (χ0) is 42.7. The Bertz CT molecular complexity index is 2070. The molecule has 3 aliphatic carbocycles. The van der Waals surface area contributed by atoms with Crippen LogP contribution in [-0.4, -0.2) is 89.2 Å². The first-order chi connectivity index (χ1) is 28.9. The van der Waals surface area contributed by atoms with Gasteiger partial charge in [-0.05, 0) is 102 Å². The van der Waals surface area contributed by atoms with E-state index < -0.39 is 62.1 Å². The van der Waals surface area contributed by atoms with Crippen molar-refractivity contribution in [1.29, 1.82) is 0 Å². The number of hydrogen-bond donors (Lipinski definition) is 2. The van der Waals surface area contributed by atoms with Crippen LogP contribution in [0, 0.1) is 17.8 Å². The number of allylic oxidation sites excluding steroid dienone is 1. The van der Waals surface area contributed by atoms with Crippen LogP contribution in [0.3, 0.4) is 0 Å². The largest absolute Gasteiger partial charge is 0.497 e. The smallest absolute Gasteiger partial charge is 0.306 e. The van der Waals surface area contributed by atoms with E-state index in [1.165, 1.54) is 4.90 Å². The molecule has 3 saturated carbocycles. The van der Waals surface area contributed by atoms with Crippen LogP contribution in [0.5, 0.6) is 11.6 Å². The second kappa shape index (κ2) is 18.4. The van der Waals surface area contributed by atoms with Crippen molar-refractivity contribution in [1.82, 2.24) is 24.9 Å². The Balaban J connectivity index is 0.00000268. The molecule has 1 aromatic heterocycles. The molecule has 4 heterocycles. The summed E-state index contributed by atoms with van der Waals surface area (Å²) in [5.74, 6) is -1.99. The van der Waals surface area contributed by atoms with E-state index in [-0.39, 0.29) is 43.7 Å². The average molecular weight is 850 g/mol. The minimum atomic E-state index is -3.98. The van der Waals surface area contributed by atoms with Crippen molar-refractivity contribution in [3.63, 3.8) is 0 Å². The first-order valence-corrected chi connectivity index (χ1v) is 23.9. The highest BCUT2D eigenvalue weighted by Crippen LogP contribution is 2.48. The normalized spacial score (nSPS) is 31.4. The Morgan fingerprint density at radius 1 is 0.950 bits per heavy atom. The molecule has 15 heteroatoms. The van der Waals surface area contributed by atoms with Gasteiger partial charge in [0.1, 0.15) is 35.2 Å². The Hall–Kier alpha value is -4.27. The molecule has 2 aromatic rings. The molecule has 328 valence electrons. The summed E-state index contributed by atoms with van der Waals surface area (Å²) in [5, 5.41) is 2.95. The maximum atomic E-state index is 14.8. The molecule has 3 amide bonds. The van der Waals surface area contributed by atoms with Crippen LogP contribution < -0.4 is 19.5 Å². The molecule has 7 atom stereocenters. The van der Waals surface area contributed by atoms with Gasteiger partial charge in [0.25, 0.3) is 5.91 Å². The van der Waals surface area contributed by atoms with Gasteiger partial charge >= 0.3 is 5.97 Å². The van der Waals surface area contributed by atoms with Gasteiger partial charge in [0.15, 0.2) is 0 Å². The fourth-order valence-electron chi connectivity index (χ4n) is 9.46. The number of fused-ring (bicyclic) bond motifs is 6. The second-order valence-electron chi connectivity index (χ2n) is 17.8. The van der Waals surface area contributed by atoms with E-state index in [1.54, 1.807) is 20.1 Å². The summed E-state index contributed by atoms with van der Waals surface area (Å²) in [4.78, 5) is 68.4. The van der Waals surface area contributed by atoms with Gasteiger partial charge in [0, 0.05) is 24.3 Å². The number of sulfonamides is 1. The Kier molecular flexibility index (Phi) is 13.4. The molecule has 4 fully saturated rings. The van der Waals surface area contributed by atoms with Crippen molar-refractivity contribution in [2.75, 3.05) is 13.7 Å². The SMILES string of the molecule is CC.COc1ccc2nc3c(nc2c1)O[C@@H]1C[C@H]2C(=O)N[C@]4(C(=O)NS(=O)(=O)C5(C)CC5)C[C@H]4/C=C\CCCCC[C@H](CC(=O)O[C@@H]4CCC[C@H]4CCCCC3)C(=O)N2C1. The van der Waals surface area contributed by atoms with Gasteiger partial charge < -0.3 is 24.4 Å². The van der Waals surface area contributed by atoms with Crippen LogP contribution in [0.1, 0.15) is 136 Å². The quantitative estimate of drug-likeness (QED) is 0.262. The summed E-state index contributed by atoms with van der Waals surface area (Å²) in [6, 6.07) is 4.44. The van der Waals surface area contributed by atoms with Crippen molar-refractivity contribution < 1.29 is 41.8 Å². The van der Waals surface area contributed by atoms with E-state index in [4.69, 9.17) is 24.2 Å². The monoisotopic (exact) mass is 849 g/mol. The number of ether oxygens (including phenoxy) is 3. The maximum Gasteiger partial charge on any atom is 0.306 e. The van der Waals surface area contributed by atoms with Gasteiger partial charge in [0.05, 0.1) is 35.9 Å². The molecule has 0 spiro atoms. The zero-order valence-electron chi connectivity index (χ0n) is 35.7. The number of carbonyl (C=O) groups excluding carboxylic acids is 4.